The van der Waals surface area contributed by atoms with Gasteiger partial charge in [0.05, 0.1) is 12.5 Å². The van der Waals surface area contributed by atoms with E-state index >= 15 is 0 Å². The number of fused-ring (bicyclic) bond motifs is 1. The van der Waals surface area contributed by atoms with Gasteiger partial charge in [-0.15, -0.1) is 10.2 Å². The van der Waals surface area contributed by atoms with Crippen LogP contribution in [0.2, 0.25) is 0 Å². The van der Waals surface area contributed by atoms with Crippen molar-refractivity contribution in [3.8, 4) is 0 Å². The van der Waals surface area contributed by atoms with Gasteiger partial charge in [0.2, 0.25) is 16.9 Å². The molecule has 2 aromatic heterocycles. The van der Waals surface area contributed by atoms with E-state index in [0.717, 1.165) is 15.9 Å². The summed E-state index contributed by atoms with van der Waals surface area (Å²) in [5, 5.41) is 13.3. The molecule has 3 heterocycles. The van der Waals surface area contributed by atoms with Gasteiger partial charge in [0.1, 0.15) is 11.6 Å². The van der Waals surface area contributed by atoms with Gasteiger partial charge in [-0.25, -0.2) is 0 Å². The lowest BCUT2D eigenvalue weighted by molar-refractivity contribution is -0.131. The number of hydrogen-bond acceptors (Lipinski definition) is 6. The topological polar surface area (TPSA) is 89.4 Å². The Morgan fingerprint density at radius 2 is 2.14 bits per heavy atom. The molecule has 1 aliphatic rings. The average Bonchev–Trinajstić information content (AvgIpc) is 3.46. The Hall–Kier alpha value is -2.78. The number of carbonyl (C=O) groups excluding carboxylic acids is 2. The molecule has 8 nitrogen and oxygen atoms in total. The van der Waals surface area contributed by atoms with Gasteiger partial charge in [-0.05, 0) is 23.9 Å². The summed E-state index contributed by atoms with van der Waals surface area (Å²) in [7, 11) is 1.63. The van der Waals surface area contributed by atoms with Gasteiger partial charge in [-0.2, -0.15) is 0 Å². The number of para-hydroxylation sites is 1. The van der Waals surface area contributed by atoms with Crippen LogP contribution in [0.15, 0.2) is 36.5 Å². The van der Waals surface area contributed by atoms with Crippen LogP contribution in [0.25, 0.3) is 10.9 Å². The van der Waals surface area contributed by atoms with Gasteiger partial charge >= 0.3 is 0 Å². The van der Waals surface area contributed by atoms with Crippen molar-refractivity contribution in [2.75, 3.05) is 32.1 Å². The largest absolute Gasteiger partial charge is 0.384 e. The molecule has 1 saturated heterocycles. The molecule has 1 atom stereocenters. The average molecular weight is 414 g/mol. The van der Waals surface area contributed by atoms with Gasteiger partial charge in [-0.3, -0.25) is 9.59 Å². The zero-order chi connectivity index (χ0) is 20.2. The number of amides is 2. The monoisotopic (exact) mass is 413 g/mol. The third-order valence-corrected chi connectivity index (χ3v) is 6.01. The first-order chi connectivity index (χ1) is 14.1. The smallest absolute Gasteiger partial charge is 0.242 e. The van der Waals surface area contributed by atoms with Crippen LogP contribution in [0, 0.1) is 5.92 Å². The van der Waals surface area contributed by atoms with Crippen molar-refractivity contribution in [2.24, 2.45) is 5.92 Å². The van der Waals surface area contributed by atoms with Crippen LogP contribution in [-0.2, 0) is 27.3 Å². The third-order valence-electron chi connectivity index (χ3n) is 5.11. The number of aromatic nitrogens is 3. The molecule has 0 saturated carbocycles. The highest BCUT2D eigenvalue weighted by Gasteiger charge is 2.31. The van der Waals surface area contributed by atoms with E-state index in [1.807, 2.05) is 41.1 Å². The highest BCUT2D eigenvalue weighted by atomic mass is 32.1. The molecule has 1 unspecified atom stereocenters. The summed E-state index contributed by atoms with van der Waals surface area (Å²) < 4.78 is 6.98. The van der Waals surface area contributed by atoms with E-state index in [9.17, 15) is 9.59 Å². The van der Waals surface area contributed by atoms with E-state index in [1.165, 1.54) is 11.3 Å². The summed E-state index contributed by atoms with van der Waals surface area (Å²) in [4.78, 5) is 27.1. The second-order valence-electron chi connectivity index (χ2n) is 7.06. The molecule has 29 heavy (non-hydrogen) atoms. The molecule has 0 bridgehead atoms. The summed E-state index contributed by atoms with van der Waals surface area (Å²) in [5.74, 6) is -0.313. The van der Waals surface area contributed by atoms with Crippen molar-refractivity contribution in [3.05, 3.63) is 41.5 Å². The summed E-state index contributed by atoms with van der Waals surface area (Å²) in [5.41, 5.74) is 1.04. The van der Waals surface area contributed by atoms with E-state index in [4.69, 9.17) is 4.74 Å². The fourth-order valence-corrected chi connectivity index (χ4v) is 4.25. The molecule has 0 radical (unpaired) electrons. The SMILES string of the molecule is COCCc1nnc(NC(=O)C2CCN(C(=O)Cn3ccc4ccccc43)C2)s1. The summed E-state index contributed by atoms with van der Waals surface area (Å²) in [6.45, 7) is 1.87. The lowest BCUT2D eigenvalue weighted by atomic mass is 10.1. The van der Waals surface area contributed by atoms with E-state index in [-0.39, 0.29) is 24.3 Å². The Morgan fingerprint density at radius 3 is 3.00 bits per heavy atom. The standard InChI is InChI=1S/C20H23N5O3S/c1-28-11-8-17-22-23-20(29-17)21-19(27)15-7-10-25(12-15)18(26)13-24-9-6-14-4-2-3-5-16(14)24/h2-6,9,15H,7-8,10-13H2,1H3,(H,21,23,27). The predicted molar refractivity (Wildman–Crippen MR) is 111 cm³/mol. The number of nitrogens with zero attached hydrogens (tertiary/aromatic N) is 4. The molecule has 152 valence electrons. The predicted octanol–water partition coefficient (Wildman–Crippen LogP) is 2.17. The van der Waals surface area contributed by atoms with Gasteiger partial charge in [0.15, 0.2) is 0 Å². The first-order valence-corrected chi connectivity index (χ1v) is 10.4. The zero-order valence-corrected chi connectivity index (χ0v) is 17.0. The number of benzene rings is 1. The second kappa shape index (κ2) is 8.71. The summed E-state index contributed by atoms with van der Waals surface area (Å²) in [6, 6.07) is 9.99. The molecule has 0 aliphatic carbocycles. The Bertz CT molecular complexity index is 1010. The Kier molecular flexibility index (Phi) is 5.86. The number of methoxy groups -OCH3 is 1. The van der Waals surface area contributed by atoms with Crippen LogP contribution in [0.3, 0.4) is 0 Å². The minimum absolute atomic E-state index is 0.0272. The molecule has 9 heteroatoms. The number of rotatable bonds is 7. The minimum Gasteiger partial charge on any atom is -0.384 e. The minimum atomic E-state index is -0.230. The first kappa shape index (κ1) is 19.5. The Balaban J connectivity index is 1.31. The van der Waals surface area contributed by atoms with Gasteiger partial charge < -0.3 is 19.5 Å². The lowest BCUT2D eigenvalue weighted by Crippen LogP contribution is -2.33. The number of anilines is 1. The van der Waals surface area contributed by atoms with Crippen LogP contribution in [-0.4, -0.2) is 58.3 Å². The number of hydrogen-bond donors (Lipinski definition) is 1. The molecular weight excluding hydrogens is 390 g/mol. The van der Waals surface area contributed by atoms with Crippen molar-refractivity contribution >= 4 is 39.2 Å². The first-order valence-electron chi connectivity index (χ1n) is 9.58. The number of likely N-dealkylation sites (tertiary alicyclic amines) is 1. The maximum absolute atomic E-state index is 12.7. The number of ether oxygens (including phenoxy) is 1. The maximum Gasteiger partial charge on any atom is 0.242 e. The molecule has 0 spiro atoms. The number of carbonyl (C=O) groups is 2. The fraction of sp³-hybridized carbons (Fsp3) is 0.400. The molecular formula is C20H23N5O3S. The molecule has 1 aliphatic heterocycles. The van der Waals surface area contributed by atoms with Crippen molar-refractivity contribution in [2.45, 2.75) is 19.4 Å². The van der Waals surface area contributed by atoms with Gasteiger partial charge in [0, 0.05) is 38.3 Å². The molecule has 3 aromatic rings. The van der Waals surface area contributed by atoms with Gasteiger partial charge in [-0.1, -0.05) is 29.5 Å². The Labute approximate surface area is 172 Å². The van der Waals surface area contributed by atoms with E-state index < -0.39 is 0 Å². The lowest BCUT2D eigenvalue weighted by Gasteiger charge is -2.17. The van der Waals surface area contributed by atoms with E-state index in [0.29, 0.717) is 37.7 Å². The molecule has 1 aromatic carbocycles. The van der Waals surface area contributed by atoms with Gasteiger partial charge in [0.25, 0.3) is 0 Å². The highest BCUT2D eigenvalue weighted by Crippen LogP contribution is 2.22. The van der Waals surface area contributed by atoms with Crippen molar-refractivity contribution < 1.29 is 14.3 Å². The highest BCUT2D eigenvalue weighted by molar-refractivity contribution is 7.15. The van der Waals surface area contributed by atoms with Crippen molar-refractivity contribution in [1.29, 1.82) is 0 Å². The maximum atomic E-state index is 12.7. The van der Waals surface area contributed by atoms with Crippen LogP contribution in [0.4, 0.5) is 5.13 Å². The molecule has 2 amide bonds. The van der Waals surface area contributed by atoms with Crippen LogP contribution in [0.5, 0.6) is 0 Å². The van der Waals surface area contributed by atoms with Crippen molar-refractivity contribution in [3.63, 3.8) is 0 Å². The van der Waals surface area contributed by atoms with Crippen LogP contribution >= 0.6 is 11.3 Å². The van der Waals surface area contributed by atoms with E-state index in [2.05, 4.69) is 15.5 Å². The van der Waals surface area contributed by atoms with E-state index in [1.54, 1.807) is 12.0 Å². The zero-order valence-electron chi connectivity index (χ0n) is 16.2. The third kappa shape index (κ3) is 4.46. The Morgan fingerprint density at radius 1 is 1.28 bits per heavy atom. The molecule has 4 rings (SSSR count). The summed E-state index contributed by atoms with van der Waals surface area (Å²) in [6.07, 6.45) is 3.25. The summed E-state index contributed by atoms with van der Waals surface area (Å²) >= 11 is 1.35. The fourth-order valence-electron chi connectivity index (χ4n) is 3.53. The van der Waals surface area contributed by atoms with Crippen LogP contribution < -0.4 is 5.32 Å². The van der Waals surface area contributed by atoms with Crippen LogP contribution in [0.1, 0.15) is 11.4 Å². The van der Waals surface area contributed by atoms with Crippen molar-refractivity contribution in [1.82, 2.24) is 19.7 Å². The second-order valence-corrected chi connectivity index (χ2v) is 8.12. The molecule has 1 N–H and O–H groups in total. The normalized spacial score (nSPS) is 16.4. The quantitative estimate of drug-likeness (QED) is 0.641. The molecule has 1 fully saturated rings. The number of nitrogens with one attached hydrogen (secondary N) is 1.